The molecule has 3 N–H and O–H groups in total. The molecule has 2 aromatic carbocycles. The minimum atomic E-state index is -3.78. The van der Waals surface area contributed by atoms with E-state index in [0.29, 0.717) is 17.0 Å². The highest BCUT2D eigenvalue weighted by atomic mass is 32.2. The van der Waals surface area contributed by atoms with Crippen molar-refractivity contribution in [1.82, 2.24) is 0 Å². The summed E-state index contributed by atoms with van der Waals surface area (Å²) in [7, 11) is -3.78. The lowest BCUT2D eigenvalue weighted by molar-refractivity contribution is -0.122. The number of nitrogens with zero attached hydrogens (tertiary/aromatic N) is 1. The molecule has 0 saturated carbocycles. The molecular weight excluding hydrogens is 330 g/mol. The van der Waals surface area contributed by atoms with E-state index in [0.717, 1.165) is 0 Å². The monoisotopic (exact) mass is 345 g/mol. The number of nitriles is 1. The molecule has 124 valence electrons. The fraction of sp³-hybridized carbons (Fsp3) is 0.125. The quantitative estimate of drug-likeness (QED) is 0.852. The maximum absolute atomic E-state index is 12.1. The second kappa shape index (κ2) is 7.12. The number of anilines is 1. The molecule has 1 amide bonds. The highest BCUT2D eigenvalue weighted by Crippen LogP contribution is 2.16. The van der Waals surface area contributed by atoms with Crippen LogP contribution in [0.2, 0.25) is 0 Å². The summed E-state index contributed by atoms with van der Waals surface area (Å²) in [4.78, 5) is 12.1. The molecule has 0 fully saturated rings. The number of benzene rings is 2. The van der Waals surface area contributed by atoms with Gasteiger partial charge in [-0.05, 0) is 49.4 Å². The molecule has 0 spiro atoms. The number of primary sulfonamides is 1. The Kier molecular flexibility index (Phi) is 5.18. The van der Waals surface area contributed by atoms with Crippen LogP contribution in [0.25, 0.3) is 0 Å². The lowest BCUT2D eigenvalue weighted by Crippen LogP contribution is -2.30. The van der Waals surface area contributed by atoms with Gasteiger partial charge in [-0.2, -0.15) is 5.26 Å². The van der Waals surface area contributed by atoms with Gasteiger partial charge < -0.3 is 10.1 Å². The average molecular weight is 345 g/mol. The van der Waals surface area contributed by atoms with Crippen LogP contribution in [0, 0.1) is 11.3 Å². The number of nitrogens with one attached hydrogen (secondary N) is 1. The van der Waals surface area contributed by atoms with Crippen LogP contribution in [-0.2, 0) is 14.8 Å². The van der Waals surface area contributed by atoms with Crippen LogP contribution in [-0.4, -0.2) is 20.4 Å². The van der Waals surface area contributed by atoms with Gasteiger partial charge in [0.25, 0.3) is 5.91 Å². The first-order valence-electron chi connectivity index (χ1n) is 6.90. The van der Waals surface area contributed by atoms with E-state index in [1.165, 1.54) is 30.3 Å². The fourth-order valence-electron chi connectivity index (χ4n) is 1.87. The van der Waals surface area contributed by atoms with E-state index in [9.17, 15) is 13.2 Å². The number of rotatable bonds is 5. The summed E-state index contributed by atoms with van der Waals surface area (Å²) in [5, 5.41) is 16.5. The van der Waals surface area contributed by atoms with Gasteiger partial charge in [-0.1, -0.05) is 6.07 Å². The second-order valence-corrected chi connectivity index (χ2v) is 6.52. The summed E-state index contributed by atoms with van der Waals surface area (Å²) in [6.07, 6.45) is -0.808. The Hall–Kier alpha value is -2.89. The van der Waals surface area contributed by atoms with Crippen molar-refractivity contribution in [2.45, 2.75) is 17.9 Å². The summed E-state index contributed by atoms with van der Waals surface area (Å²) in [5.41, 5.74) is 0.840. The van der Waals surface area contributed by atoms with E-state index in [1.807, 2.05) is 6.07 Å². The minimum Gasteiger partial charge on any atom is -0.481 e. The van der Waals surface area contributed by atoms with Crippen LogP contribution in [0.3, 0.4) is 0 Å². The van der Waals surface area contributed by atoms with Gasteiger partial charge in [0.05, 0.1) is 16.5 Å². The molecule has 8 heteroatoms. The Balaban J connectivity index is 2.02. The SMILES string of the molecule is C[C@H](Oc1cccc(C#N)c1)C(=O)Nc1ccc(S(N)(=O)=O)cc1. The first kappa shape index (κ1) is 17.5. The molecular formula is C16H15N3O4S. The highest BCUT2D eigenvalue weighted by molar-refractivity contribution is 7.89. The average Bonchev–Trinajstić information content (AvgIpc) is 2.54. The smallest absolute Gasteiger partial charge is 0.265 e. The summed E-state index contributed by atoms with van der Waals surface area (Å²) < 4.78 is 27.8. The standard InChI is InChI=1S/C16H15N3O4S/c1-11(23-14-4-2-3-12(9-14)10-17)16(20)19-13-5-7-15(8-6-13)24(18,21)22/h2-9,11H,1H3,(H,19,20)(H2,18,21,22)/t11-/m0/s1. The highest BCUT2D eigenvalue weighted by Gasteiger charge is 2.15. The predicted octanol–water partition coefficient (Wildman–Crippen LogP) is 1.61. The number of amides is 1. The van der Waals surface area contributed by atoms with Crippen molar-refractivity contribution in [3.8, 4) is 11.8 Å². The lowest BCUT2D eigenvalue weighted by Gasteiger charge is -2.15. The zero-order valence-corrected chi connectivity index (χ0v) is 13.6. The van der Waals surface area contributed by atoms with Crippen molar-refractivity contribution >= 4 is 21.6 Å². The third kappa shape index (κ3) is 4.55. The molecule has 0 aliphatic rings. The molecule has 0 radical (unpaired) electrons. The van der Waals surface area contributed by atoms with E-state index >= 15 is 0 Å². The van der Waals surface area contributed by atoms with Crippen molar-refractivity contribution in [2.75, 3.05) is 5.32 Å². The zero-order chi connectivity index (χ0) is 17.7. The van der Waals surface area contributed by atoms with Crippen LogP contribution in [0.4, 0.5) is 5.69 Å². The first-order chi connectivity index (χ1) is 11.3. The minimum absolute atomic E-state index is 0.0434. The molecule has 2 aromatic rings. The van der Waals surface area contributed by atoms with E-state index in [-0.39, 0.29) is 4.90 Å². The van der Waals surface area contributed by atoms with Gasteiger partial charge in [-0.15, -0.1) is 0 Å². The summed E-state index contributed by atoms with van der Waals surface area (Å²) >= 11 is 0. The third-order valence-corrected chi connectivity index (χ3v) is 4.02. The van der Waals surface area contributed by atoms with E-state index < -0.39 is 22.0 Å². The van der Waals surface area contributed by atoms with E-state index in [1.54, 1.807) is 25.1 Å². The zero-order valence-electron chi connectivity index (χ0n) is 12.8. The van der Waals surface area contributed by atoms with Crippen LogP contribution in [0.15, 0.2) is 53.4 Å². The number of hydrogen-bond donors (Lipinski definition) is 2. The Bertz CT molecular complexity index is 886. The van der Waals surface area contributed by atoms with Crippen LogP contribution in [0.5, 0.6) is 5.75 Å². The van der Waals surface area contributed by atoms with Gasteiger partial charge in [0.15, 0.2) is 6.10 Å². The predicted molar refractivity (Wildman–Crippen MR) is 87.7 cm³/mol. The summed E-state index contributed by atoms with van der Waals surface area (Å²) in [6, 6.07) is 13.9. The molecule has 0 bridgehead atoms. The van der Waals surface area contributed by atoms with Crippen molar-refractivity contribution < 1.29 is 17.9 Å². The van der Waals surface area contributed by atoms with Crippen molar-refractivity contribution in [1.29, 1.82) is 5.26 Å². The molecule has 0 aliphatic heterocycles. The Labute approximate surface area is 139 Å². The van der Waals surface area contributed by atoms with Crippen LogP contribution < -0.4 is 15.2 Å². The molecule has 0 aromatic heterocycles. The van der Waals surface area contributed by atoms with Gasteiger partial charge in [0.1, 0.15) is 5.75 Å². The van der Waals surface area contributed by atoms with Crippen LogP contribution >= 0.6 is 0 Å². The Morgan fingerprint density at radius 2 is 1.92 bits per heavy atom. The number of carbonyl (C=O) groups excluding carboxylic acids is 1. The molecule has 0 aliphatic carbocycles. The largest absolute Gasteiger partial charge is 0.481 e. The van der Waals surface area contributed by atoms with Gasteiger partial charge in [0.2, 0.25) is 10.0 Å². The molecule has 0 saturated heterocycles. The van der Waals surface area contributed by atoms with Crippen molar-refractivity contribution in [3.63, 3.8) is 0 Å². The Morgan fingerprint density at radius 3 is 2.50 bits per heavy atom. The maximum atomic E-state index is 12.1. The number of hydrogen-bond acceptors (Lipinski definition) is 5. The normalized spacial score (nSPS) is 12.0. The number of nitrogens with two attached hydrogens (primary N) is 1. The Morgan fingerprint density at radius 1 is 1.25 bits per heavy atom. The third-order valence-electron chi connectivity index (χ3n) is 3.10. The molecule has 2 rings (SSSR count). The van der Waals surface area contributed by atoms with Gasteiger partial charge >= 0.3 is 0 Å². The molecule has 24 heavy (non-hydrogen) atoms. The summed E-state index contributed by atoms with van der Waals surface area (Å²) in [5.74, 6) is -0.0120. The molecule has 0 unspecified atom stereocenters. The number of carbonyl (C=O) groups is 1. The molecule has 0 heterocycles. The fourth-order valence-corrected chi connectivity index (χ4v) is 2.38. The van der Waals surface area contributed by atoms with E-state index in [4.69, 9.17) is 15.1 Å². The maximum Gasteiger partial charge on any atom is 0.265 e. The topological polar surface area (TPSA) is 122 Å². The number of sulfonamides is 1. The summed E-state index contributed by atoms with van der Waals surface area (Å²) in [6.45, 7) is 1.56. The van der Waals surface area contributed by atoms with Gasteiger partial charge in [-0.25, -0.2) is 13.6 Å². The molecule has 7 nitrogen and oxygen atoms in total. The second-order valence-electron chi connectivity index (χ2n) is 4.96. The molecule has 1 atom stereocenters. The van der Waals surface area contributed by atoms with E-state index in [2.05, 4.69) is 5.32 Å². The van der Waals surface area contributed by atoms with Gasteiger partial charge in [-0.3, -0.25) is 4.79 Å². The van der Waals surface area contributed by atoms with Gasteiger partial charge in [0, 0.05) is 5.69 Å². The van der Waals surface area contributed by atoms with Crippen LogP contribution in [0.1, 0.15) is 12.5 Å². The lowest BCUT2D eigenvalue weighted by atomic mass is 10.2. The van der Waals surface area contributed by atoms with Crippen molar-refractivity contribution in [3.05, 3.63) is 54.1 Å². The van der Waals surface area contributed by atoms with Crippen molar-refractivity contribution in [2.24, 2.45) is 5.14 Å². The first-order valence-corrected chi connectivity index (χ1v) is 8.45. The number of ether oxygens (including phenoxy) is 1.